The molecule has 3 rings (SSSR count). The first-order valence-electron chi connectivity index (χ1n) is 6.48. The van der Waals surface area contributed by atoms with Gasteiger partial charge in [0.2, 0.25) is 5.89 Å². The maximum atomic E-state index is 5.62. The number of ether oxygens (including phenoxy) is 1. The highest BCUT2D eigenvalue weighted by Gasteiger charge is 2.17. The molecule has 5 nitrogen and oxygen atoms in total. The molecule has 1 aromatic heterocycles. The topological polar surface area (TPSA) is 44.6 Å². The number of hydrogen-bond acceptors (Lipinski definition) is 4. The second kappa shape index (κ2) is 6.17. The Morgan fingerprint density at radius 2 is 2.05 bits per heavy atom. The van der Waals surface area contributed by atoms with Gasteiger partial charge in [-0.3, -0.25) is 0 Å². The second-order valence-electron chi connectivity index (χ2n) is 4.67. The summed E-state index contributed by atoms with van der Waals surface area (Å²) in [6.45, 7) is 4.24. The van der Waals surface area contributed by atoms with Crippen molar-refractivity contribution in [2.45, 2.75) is 6.67 Å². The highest BCUT2D eigenvalue weighted by molar-refractivity contribution is 9.10. The molecule has 1 aliphatic rings. The maximum Gasteiger partial charge on any atom is 0.292 e. The minimum Gasteiger partial charge on any atom is -0.409 e. The van der Waals surface area contributed by atoms with Crippen LogP contribution in [-0.2, 0) is 11.4 Å². The quantitative estimate of drug-likeness (QED) is 0.846. The van der Waals surface area contributed by atoms with Gasteiger partial charge in [-0.05, 0) is 40.3 Å². The maximum absolute atomic E-state index is 5.62. The van der Waals surface area contributed by atoms with Gasteiger partial charge in [0.25, 0.3) is 4.84 Å². The minimum atomic E-state index is 0.412. The fraction of sp³-hybridized carbons (Fsp3) is 0.385. The number of morpholine rings is 1. The highest BCUT2D eigenvalue weighted by atomic mass is 79.9. The van der Waals surface area contributed by atoms with Crippen molar-refractivity contribution in [1.82, 2.24) is 9.78 Å². The van der Waals surface area contributed by atoms with E-state index in [4.69, 9.17) is 21.4 Å². The summed E-state index contributed by atoms with van der Waals surface area (Å²) >= 11 is 8.76. The van der Waals surface area contributed by atoms with Crippen molar-refractivity contribution in [3.8, 4) is 11.5 Å². The highest BCUT2D eigenvalue weighted by Crippen LogP contribution is 2.26. The number of nitrogens with one attached hydrogen (secondary N) is 1. The first-order valence-corrected chi connectivity index (χ1v) is 7.68. The molecule has 106 valence electrons. The smallest absolute Gasteiger partial charge is 0.292 e. The number of benzene rings is 1. The molecule has 2 heterocycles. The Balaban J connectivity index is 1.84. The van der Waals surface area contributed by atoms with Gasteiger partial charge in [-0.25, -0.2) is 0 Å². The van der Waals surface area contributed by atoms with Gasteiger partial charge in [0, 0.05) is 4.47 Å². The Morgan fingerprint density at radius 1 is 1.30 bits per heavy atom. The lowest BCUT2D eigenvalue weighted by molar-refractivity contribution is -0.931. The normalized spacial score (nSPS) is 16.4. The van der Waals surface area contributed by atoms with Crippen molar-refractivity contribution in [3.63, 3.8) is 0 Å². The molecule has 0 unspecified atom stereocenters. The lowest BCUT2D eigenvalue weighted by Gasteiger charge is -2.22. The van der Waals surface area contributed by atoms with E-state index in [1.807, 2.05) is 24.3 Å². The summed E-state index contributed by atoms with van der Waals surface area (Å²) in [5, 5.41) is 4.49. The lowest BCUT2D eigenvalue weighted by atomic mass is 10.2. The molecule has 1 saturated heterocycles. The SMILES string of the molecule is S=c1oc(-c2ccccc2Br)nn1C[NH+]1CCOCC1. The fourth-order valence-corrected chi connectivity index (χ4v) is 2.82. The molecule has 0 bridgehead atoms. The van der Waals surface area contributed by atoms with E-state index in [0.29, 0.717) is 10.7 Å². The first-order chi connectivity index (χ1) is 9.74. The summed E-state index contributed by atoms with van der Waals surface area (Å²) in [6, 6.07) is 7.82. The van der Waals surface area contributed by atoms with E-state index in [2.05, 4.69) is 21.0 Å². The van der Waals surface area contributed by atoms with E-state index in [1.165, 1.54) is 4.90 Å². The van der Waals surface area contributed by atoms with E-state index in [9.17, 15) is 0 Å². The van der Waals surface area contributed by atoms with Gasteiger partial charge in [0.1, 0.15) is 13.1 Å². The minimum absolute atomic E-state index is 0.412. The second-order valence-corrected chi connectivity index (χ2v) is 5.88. The number of quaternary nitrogens is 1. The van der Waals surface area contributed by atoms with E-state index >= 15 is 0 Å². The number of hydrogen-bond donors (Lipinski definition) is 1. The van der Waals surface area contributed by atoms with E-state index in [0.717, 1.165) is 43.0 Å². The van der Waals surface area contributed by atoms with Crippen LogP contribution in [0.3, 0.4) is 0 Å². The molecule has 1 fully saturated rings. The molecule has 0 atom stereocenters. The molecule has 0 radical (unpaired) electrons. The Morgan fingerprint density at radius 3 is 2.80 bits per heavy atom. The van der Waals surface area contributed by atoms with Gasteiger partial charge in [0.05, 0.1) is 18.8 Å². The summed E-state index contributed by atoms with van der Waals surface area (Å²) < 4.78 is 13.7. The number of rotatable bonds is 3. The van der Waals surface area contributed by atoms with E-state index in [-0.39, 0.29) is 0 Å². The van der Waals surface area contributed by atoms with Gasteiger partial charge < -0.3 is 14.1 Å². The van der Waals surface area contributed by atoms with E-state index < -0.39 is 0 Å². The van der Waals surface area contributed by atoms with Crippen molar-refractivity contribution in [3.05, 3.63) is 33.6 Å². The summed E-state index contributed by atoms with van der Waals surface area (Å²) in [6.07, 6.45) is 0. The Hall–Kier alpha value is -1.02. The molecule has 1 N–H and O–H groups in total. The average Bonchev–Trinajstić information content (AvgIpc) is 2.81. The predicted molar refractivity (Wildman–Crippen MR) is 80.0 cm³/mol. The predicted octanol–water partition coefficient (Wildman–Crippen LogP) is 1.51. The zero-order chi connectivity index (χ0) is 13.9. The van der Waals surface area contributed by atoms with Gasteiger partial charge in [-0.15, -0.1) is 5.10 Å². The molecule has 2 aromatic rings. The van der Waals surface area contributed by atoms with Crippen molar-refractivity contribution in [2.75, 3.05) is 26.3 Å². The van der Waals surface area contributed by atoms with Crippen molar-refractivity contribution >= 4 is 28.1 Å². The zero-order valence-corrected chi connectivity index (χ0v) is 13.2. The van der Waals surface area contributed by atoms with Crippen molar-refractivity contribution in [1.29, 1.82) is 0 Å². The van der Waals surface area contributed by atoms with Gasteiger partial charge in [0.15, 0.2) is 6.67 Å². The third-order valence-electron chi connectivity index (χ3n) is 3.28. The van der Waals surface area contributed by atoms with Gasteiger partial charge in [-0.2, -0.15) is 4.68 Å². The van der Waals surface area contributed by atoms with Crippen LogP contribution in [-0.4, -0.2) is 36.1 Å². The van der Waals surface area contributed by atoms with Crippen LogP contribution in [0.1, 0.15) is 0 Å². The van der Waals surface area contributed by atoms with Crippen LogP contribution in [0.15, 0.2) is 33.2 Å². The van der Waals surface area contributed by atoms with E-state index in [1.54, 1.807) is 4.68 Å². The van der Waals surface area contributed by atoms with Gasteiger partial charge in [-0.1, -0.05) is 12.1 Å². The first kappa shape index (κ1) is 13.9. The van der Waals surface area contributed by atoms with Crippen LogP contribution in [0.2, 0.25) is 0 Å². The number of nitrogens with zero attached hydrogens (tertiary/aromatic N) is 2. The van der Waals surface area contributed by atoms with Crippen LogP contribution in [0.4, 0.5) is 0 Å². The molecule has 1 aliphatic heterocycles. The monoisotopic (exact) mass is 356 g/mol. The third-order valence-corrected chi connectivity index (χ3v) is 4.27. The van der Waals surface area contributed by atoms with Gasteiger partial charge >= 0.3 is 0 Å². The fourth-order valence-electron chi connectivity index (χ4n) is 2.18. The zero-order valence-electron chi connectivity index (χ0n) is 10.8. The van der Waals surface area contributed by atoms with Crippen LogP contribution in [0.5, 0.6) is 0 Å². The average molecular weight is 357 g/mol. The molecule has 0 aliphatic carbocycles. The van der Waals surface area contributed by atoms with Crippen LogP contribution < -0.4 is 4.90 Å². The Bertz CT molecular complexity index is 649. The largest absolute Gasteiger partial charge is 0.409 e. The number of halogens is 1. The molecular weight excluding hydrogens is 342 g/mol. The van der Waals surface area contributed by atoms with Crippen LogP contribution in [0.25, 0.3) is 11.5 Å². The summed E-state index contributed by atoms with van der Waals surface area (Å²) in [5.41, 5.74) is 0.911. The molecule has 1 aromatic carbocycles. The summed E-state index contributed by atoms with van der Waals surface area (Å²) in [4.78, 5) is 1.81. The molecule has 0 saturated carbocycles. The van der Waals surface area contributed by atoms with Crippen LogP contribution >= 0.6 is 28.1 Å². The van der Waals surface area contributed by atoms with Crippen molar-refractivity contribution in [2.24, 2.45) is 0 Å². The molecule has 20 heavy (non-hydrogen) atoms. The molecule has 0 spiro atoms. The third kappa shape index (κ3) is 3.01. The Kier molecular flexibility index (Phi) is 4.30. The standard InChI is InChI=1S/C13H14BrN3O2S/c14-11-4-2-1-3-10(11)12-15-17(13(20)19-12)9-16-5-7-18-8-6-16/h1-4H,5-9H2/p+1. The van der Waals surface area contributed by atoms with Crippen molar-refractivity contribution < 1.29 is 14.1 Å². The van der Waals surface area contributed by atoms with Crippen LogP contribution in [0, 0.1) is 4.84 Å². The number of aromatic nitrogens is 2. The molecule has 7 heteroatoms. The summed E-state index contributed by atoms with van der Waals surface area (Å²) in [5.74, 6) is 0.551. The lowest BCUT2D eigenvalue weighted by Crippen LogP contribution is -3.13. The summed E-state index contributed by atoms with van der Waals surface area (Å²) in [7, 11) is 0. The Labute approximate surface area is 130 Å². The molecule has 0 amide bonds. The molecular formula is C13H15BrN3O2S+.